The molecule has 2 aromatic rings. The Balaban J connectivity index is 0.00000312. The molecule has 0 saturated heterocycles. The van der Waals surface area contributed by atoms with Gasteiger partial charge in [0.25, 0.3) is 0 Å². The van der Waals surface area contributed by atoms with Gasteiger partial charge < -0.3 is 10.4 Å². The Labute approximate surface area is 166 Å². The van der Waals surface area contributed by atoms with Crippen molar-refractivity contribution in [3.63, 3.8) is 0 Å². The van der Waals surface area contributed by atoms with Gasteiger partial charge in [-0.05, 0) is 56.2 Å². The third-order valence-electron chi connectivity index (χ3n) is 4.21. The summed E-state index contributed by atoms with van der Waals surface area (Å²) in [6.45, 7) is 5.12. The van der Waals surface area contributed by atoms with Gasteiger partial charge in [0.2, 0.25) is 0 Å². The van der Waals surface area contributed by atoms with Gasteiger partial charge in [-0.25, -0.2) is 0 Å². The maximum absolute atomic E-state index is 9.77. The average Bonchev–Trinajstić information content (AvgIpc) is 2.59. The summed E-state index contributed by atoms with van der Waals surface area (Å²) in [6.07, 6.45) is 4.04. The summed E-state index contributed by atoms with van der Waals surface area (Å²) in [5.74, 6) is 0.311. The summed E-state index contributed by atoms with van der Waals surface area (Å²) in [7, 11) is 0. The standard InChI is InChI=1S/C20H26ClNOS.ClH/c1-20(2,12-11-15-7-5-4-6-8-15)22-14-17(21)16-9-10-18(23)19(13-16)24-3;/h4-10,13,17,22-23H,11-12,14H2,1-3H3;1H. The monoisotopic (exact) mass is 399 g/mol. The summed E-state index contributed by atoms with van der Waals surface area (Å²) in [5, 5.41) is 13.2. The van der Waals surface area contributed by atoms with E-state index in [4.69, 9.17) is 11.6 Å². The zero-order chi connectivity index (χ0) is 17.6. The Morgan fingerprint density at radius 3 is 2.48 bits per heavy atom. The van der Waals surface area contributed by atoms with Crippen LogP contribution in [0.15, 0.2) is 53.4 Å². The summed E-state index contributed by atoms with van der Waals surface area (Å²) in [5.41, 5.74) is 2.41. The number of nitrogens with one attached hydrogen (secondary N) is 1. The van der Waals surface area contributed by atoms with Crippen LogP contribution in [-0.4, -0.2) is 23.4 Å². The molecule has 5 heteroatoms. The van der Waals surface area contributed by atoms with E-state index < -0.39 is 0 Å². The number of benzene rings is 2. The molecule has 1 atom stereocenters. The summed E-state index contributed by atoms with van der Waals surface area (Å²) < 4.78 is 0. The SMILES string of the molecule is CSc1cc(C(Cl)CNC(C)(C)CCc2ccccc2)ccc1O.Cl. The van der Waals surface area contributed by atoms with Gasteiger partial charge >= 0.3 is 0 Å². The van der Waals surface area contributed by atoms with Crippen LogP contribution in [0.1, 0.15) is 36.8 Å². The van der Waals surface area contributed by atoms with Crippen molar-refractivity contribution in [2.24, 2.45) is 0 Å². The van der Waals surface area contributed by atoms with Crippen molar-refractivity contribution in [1.29, 1.82) is 0 Å². The lowest BCUT2D eigenvalue weighted by molar-refractivity contribution is 0.363. The third-order valence-corrected chi connectivity index (χ3v) is 5.38. The van der Waals surface area contributed by atoms with E-state index in [-0.39, 0.29) is 23.3 Å². The molecule has 0 amide bonds. The van der Waals surface area contributed by atoms with Crippen LogP contribution >= 0.6 is 35.8 Å². The number of alkyl halides is 1. The van der Waals surface area contributed by atoms with E-state index in [0.717, 1.165) is 23.3 Å². The fraction of sp³-hybridized carbons (Fsp3) is 0.400. The van der Waals surface area contributed by atoms with Crippen LogP contribution in [0.25, 0.3) is 0 Å². The molecule has 0 saturated carbocycles. The second kappa shape index (κ2) is 10.3. The second-order valence-corrected chi connectivity index (χ2v) is 8.02. The Bertz CT molecular complexity index is 649. The molecule has 25 heavy (non-hydrogen) atoms. The van der Waals surface area contributed by atoms with E-state index in [1.165, 1.54) is 17.3 Å². The predicted octanol–water partition coefficient (Wildman–Crippen LogP) is 5.82. The first-order valence-corrected chi connectivity index (χ1v) is 9.87. The number of aryl methyl sites for hydroxylation is 1. The number of hydrogen-bond donors (Lipinski definition) is 2. The van der Waals surface area contributed by atoms with Crippen LogP contribution in [0, 0.1) is 0 Å². The van der Waals surface area contributed by atoms with E-state index >= 15 is 0 Å². The molecule has 2 rings (SSSR count). The van der Waals surface area contributed by atoms with Crippen molar-refractivity contribution < 1.29 is 5.11 Å². The maximum Gasteiger partial charge on any atom is 0.129 e. The van der Waals surface area contributed by atoms with E-state index in [0.29, 0.717) is 12.3 Å². The highest BCUT2D eigenvalue weighted by molar-refractivity contribution is 7.98. The van der Waals surface area contributed by atoms with E-state index in [1.54, 1.807) is 6.07 Å². The molecule has 0 aliphatic carbocycles. The molecular formula is C20H27Cl2NOS. The van der Waals surface area contributed by atoms with Crippen molar-refractivity contribution in [2.45, 2.75) is 42.5 Å². The molecule has 0 heterocycles. The molecule has 2 aromatic carbocycles. The van der Waals surface area contributed by atoms with Crippen LogP contribution in [0.3, 0.4) is 0 Å². The Morgan fingerprint density at radius 1 is 1.16 bits per heavy atom. The Morgan fingerprint density at radius 2 is 1.84 bits per heavy atom. The largest absolute Gasteiger partial charge is 0.507 e. The van der Waals surface area contributed by atoms with Crippen molar-refractivity contribution in [3.8, 4) is 5.75 Å². The highest BCUT2D eigenvalue weighted by Gasteiger charge is 2.19. The fourth-order valence-electron chi connectivity index (χ4n) is 2.56. The number of aromatic hydroxyl groups is 1. The average molecular weight is 400 g/mol. The fourth-order valence-corrected chi connectivity index (χ4v) is 3.31. The van der Waals surface area contributed by atoms with Crippen molar-refractivity contribution >= 4 is 35.8 Å². The third kappa shape index (κ3) is 7.10. The van der Waals surface area contributed by atoms with E-state index in [9.17, 15) is 5.11 Å². The minimum Gasteiger partial charge on any atom is -0.507 e. The van der Waals surface area contributed by atoms with E-state index in [1.807, 2.05) is 24.5 Å². The molecule has 1 unspecified atom stereocenters. The van der Waals surface area contributed by atoms with Gasteiger partial charge in [0.1, 0.15) is 5.75 Å². The molecule has 138 valence electrons. The number of phenolic OH excluding ortho intramolecular Hbond substituents is 1. The highest BCUT2D eigenvalue weighted by atomic mass is 35.5. The number of phenols is 1. The number of rotatable bonds is 8. The Hall–Kier alpha value is -0.870. The van der Waals surface area contributed by atoms with Gasteiger partial charge in [-0.15, -0.1) is 35.8 Å². The minimum atomic E-state index is -0.118. The van der Waals surface area contributed by atoms with Crippen molar-refractivity contribution in [3.05, 3.63) is 59.7 Å². The van der Waals surface area contributed by atoms with Crippen LogP contribution in [0.5, 0.6) is 5.75 Å². The summed E-state index contributed by atoms with van der Waals surface area (Å²) in [4.78, 5) is 0.862. The molecule has 2 N–H and O–H groups in total. The lowest BCUT2D eigenvalue weighted by atomic mass is 9.95. The molecule has 0 fully saturated rings. The van der Waals surface area contributed by atoms with Gasteiger partial charge in [-0.3, -0.25) is 0 Å². The van der Waals surface area contributed by atoms with Crippen molar-refractivity contribution in [1.82, 2.24) is 5.32 Å². The first kappa shape index (κ1) is 22.2. The lowest BCUT2D eigenvalue weighted by Gasteiger charge is -2.28. The van der Waals surface area contributed by atoms with E-state index in [2.05, 4.69) is 43.4 Å². The predicted molar refractivity (Wildman–Crippen MR) is 113 cm³/mol. The zero-order valence-corrected chi connectivity index (χ0v) is 17.3. The van der Waals surface area contributed by atoms with Crippen LogP contribution < -0.4 is 5.32 Å². The van der Waals surface area contributed by atoms with Gasteiger partial charge in [0, 0.05) is 17.0 Å². The second-order valence-electron chi connectivity index (χ2n) is 6.65. The normalized spacial score (nSPS) is 12.5. The summed E-state index contributed by atoms with van der Waals surface area (Å²) >= 11 is 8.08. The van der Waals surface area contributed by atoms with Crippen LogP contribution in [0.4, 0.5) is 0 Å². The van der Waals surface area contributed by atoms with Gasteiger partial charge in [-0.1, -0.05) is 36.4 Å². The van der Waals surface area contributed by atoms with Gasteiger partial charge in [0.15, 0.2) is 0 Å². The quantitative estimate of drug-likeness (QED) is 0.433. The molecule has 2 nitrogen and oxygen atoms in total. The molecule has 0 spiro atoms. The molecular weight excluding hydrogens is 373 g/mol. The van der Waals surface area contributed by atoms with Crippen LogP contribution in [-0.2, 0) is 6.42 Å². The maximum atomic E-state index is 9.77. The van der Waals surface area contributed by atoms with Crippen molar-refractivity contribution in [2.75, 3.05) is 12.8 Å². The topological polar surface area (TPSA) is 32.3 Å². The number of hydrogen-bond acceptors (Lipinski definition) is 3. The number of halogens is 2. The Kier molecular flexibility index (Phi) is 9.15. The number of thioether (sulfide) groups is 1. The molecule has 0 bridgehead atoms. The minimum absolute atomic E-state index is 0. The van der Waals surface area contributed by atoms with Gasteiger partial charge in [-0.2, -0.15) is 0 Å². The molecule has 0 aliphatic rings. The zero-order valence-electron chi connectivity index (χ0n) is 15.0. The smallest absolute Gasteiger partial charge is 0.129 e. The lowest BCUT2D eigenvalue weighted by Crippen LogP contribution is -2.41. The van der Waals surface area contributed by atoms with Crippen LogP contribution in [0.2, 0.25) is 0 Å². The first-order chi connectivity index (χ1) is 11.4. The molecule has 0 aromatic heterocycles. The molecule has 0 radical (unpaired) electrons. The first-order valence-electron chi connectivity index (χ1n) is 8.21. The summed E-state index contributed by atoms with van der Waals surface area (Å²) in [6, 6.07) is 16.1. The van der Waals surface area contributed by atoms with Gasteiger partial charge in [0.05, 0.1) is 5.38 Å². The molecule has 0 aliphatic heterocycles. The highest BCUT2D eigenvalue weighted by Crippen LogP contribution is 2.31.